The van der Waals surface area contributed by atoms with E-state index in [1.54, 1.807) is 10.7 Å². The zero-order valence-electron chi connectivity index (χ0n) is 13.0. The van der Waals surface area contributed by atoms with E-state index in [2.05, 4.69) is 44.2 Å². The van der Waals surface area contributed by atoms with Gasteiger partial charge in [0.25, 0.3) is 0 Å². The summed E-state index contributed by atoms with van der Waals surface area (Å²) in [5, 5.41) is 8.35. The molecule has 0 saturated carbocycles. The van der Waals surface area contributed by atoms with Crippen LogP contribution in [0.5, 0.6) is 0 Å². The summed E-state index contributed by atoms with van der Waals surface area (Å²) in [6, 6.07) is 3.82. The first-order valence-electron chi connectivity index (χ1n) is 7.59. The van der Waals surface area contributed by atoms with E-state index in [1.165, 1.54) is 0 Å². The molecule has 0 aliphatic carbocycles. The highest BCUT2D eigenvalue weighted by Crippen LogP contribution is 2.26. The highest BCUT2D eigenvalue weighted by molar-refractivity contribution is 5.92. The van der Waals surface area contributed by atoms with Crippen LogP contribution in [0.4, 0.5) is 5.95 Å². The molecule has 0 fully saturated rings. The van der Waals surface area contributed by atoms with Crippen LogP contribution >= 0.6 is 0 Å². The first-order chi connectivity index (χ1) is 11.2. The first-order valence-corrected chi connectivity index (χ1v) is 7.59. The smallest absolute Gasteiger partial charge is 0.224 e. The number of hydrogen-bond acceptors (Lipinski definition) is 5. The Balaban J connectivity index is 1.72. The molecule has 0 aromatic carbocycles. The lowest BCUT2D eigenvalue weighted by molar-refractivity contribution is 0.685. The Kier molecular flexibility index (Phi) is 3.18. The van der Waals surface area contributed by atoms with E-state index in [0.29, 0.717) is 11.9 Å². The van der Waals surface area contributed by atoms with Gasteiger partial charge in [0.2, 0.25) is 5.95 Å². The number of nitrogens with zero attached hydrogens (tertiary/aromatic N) is 5. The summed E-state index contributed by atoms with van der Waals surface area (Å²) >= 11 is 0. The van der Waals surface area contributed by atoms with Crippen molar-refractivity contribution in [3.05, 3.63) is 36.9 Å². The Bertz CT molecular complexity index is 967. The summed E-state index contributed by atoms with van der Waals surface area (Å²) in [7, 11) is 0. The van der Waals surface area contributed by atoms with E-state index in [9.17, 15) is 0 Å². The van der Waals surface area contributed by atoms with Crippen molar-refractivity contribution in [2.24, 2.45) is 5.92 Å². The van der Waals surface area contributed by atoms with Crippen LogP contribution in [0.3, 0.4) is 0 Å². The van der Waals surface area contributed by atoms with E-state index < -0.39 is 0 Å². The van der Waals surface area contributed by atoms with Crippen LogP contribution in [0.15, 0.2) is 36.9 Å². The fourth-order valence-electron chi connectivity index (χ4n) is 2.46. The van der Waals surface area contributed by atoms with Crippen LogP contribution in [0.1, 0.15) is 13.8 Å². The molecule has 0 saturated heterocycles. The summed E-state index contributed by atoms with van der Waals surface area (Å²) in [6.45, 7) is 5.14. The maximum Gasteiger partial charge on any atom is 0.224 e. The summed E-state index contributed by atoms with van der Waals surface area (Å²) in [5.74, 6) is 1.18. The monoisotopic (exact) mass is 307 g/mol. The minimum atomic E-state index is 0.542. The van der Waals surface area contributed by atoms with Gasteiger partial charge in [-0.3, -0.25) is 0 Å². The molecule has 0 unspecified atom stereocenters. The Morgan fingerprint density at radius 1 is 1.26 bits per heavy atom. The molecule has 0 atom stereocenters. The van der Waals surface area contributed by atoms with E-state index in [1.807, 2.05) is 30.7 Å². The van der Waals surface area contributed by atoms with Crippen molar-refractivity contribution in [1.29, 1.82) is 0 Å². The quantitative estimate of drug-likeness (QED) is 0.605. The summed E-state index contributed by atoms with van der Waals surface area (Å²) in [6.07, 6.45) is 7.38. The second-order valence-corrected chi connectivity index (χ2v) is 5.88. The zero-order chi connectivity index (χ0) is 15.8. The van der Waals surface area contributed by atoms with E-state index in [-0.39, 0.29) is 0 Å². The third-order valence-corrected chi connectivity index (χ3v) is 3.63. The van der Waals surface area contributed by atoms with Gasteiger partial charge in [-0.15, -0.1) is 0 Å². The number of aromatic nitrogens is 6. The van der Waals surface area contributed by atoms with Crippen molar-refractivity contribution in [2.75, 3.05) is 11.9 Å². The molecule has 4 rings (SSSR count). The number of H-pyrrole nitrogens is 1. The van der Waals surface area contributed by atoms with E-state index >= 15 is 0 Å². The Morgan fingerprint density at radius 3 is 3.04 bits per heavy atom. The van der Waals surface area contributed by atoms with Gasteiger partial charge in [-0.25, -0.2) is 14.5 Å². The Hall–Kier alpha value is -2.96. The van der Waals surface area contributed by atoms with Crippen LogP contribution in [-0.4, -0.2) is 36.1 Å². The van der Waals surface area contributed by atoms with Crippen molar-refractivity contribution < 1.29 is 0 Å². The fraction of sp³-hybridized carbons (Fsp3) is 0.250. The van der Waals surface area contributed by atoms with Crippen molar-refractivity contribution in [1.82, 2.24) is 29.5 Å². The van der Waals surface area contributed by atoms with E-state index in [0.717, 1.165) is 34.5 Å². The molecule has 4 aromatic rings. The molecule has 0 amide bonds. The van der Waals surface area contributed by atoms with Gasteiger partial charge in [0.05, 0.1) is 11.9 Å². The molecule has 23 heavy (non-hydrogen) atoms. The lowest BCUT2D eigenvalue weighted by Crippen LogP contribution is -2.10. The van der Waals surface area contributed by atoms with Gasteiger partial charge in [-0.1, -0.05) is 13.8 Å². The third-order valence-electron chi connectivity index (χ3n) is 3.63. The van der Waals surface area contributed by atoms with Gasteiger partial charge in [-0.2, -0.15) is 10.1 Å². The number of hydrogen-bond donors (Lipinski definition) is 2. The molecule has 7 nitrogen and oxygen atoms in total. The molecule has 4 heterocycles. The van der Waals surface area contributed by atoms with Crippen molar-refractivity contribution in [3.8, 4) is 11.3 Å². The number of anilines is 1. The van der Waals surface area contributed by atoms with E-state index in [4.69, 9.17) is 0 Å². The lowest BCUT2D eigenvalue weighted by atomic mass is 10.2. The lowest BCUT2D eigenvalue weighted by Gasteiger charge is -2.06. The van der Waals surface area contributed by atoms with Crippen LogP contribution in [-0.2, 0) is 0 Å². The molecule has 116 valence electrons. The van der Waals surface area contributed by atoms with Gasteiger partial charge in [0, 0.05) is 42.2 Å². The minimum Gasteiger partial charge on any atom is -0.354 e. The highest BCUT2D eigenvalue weighted by Gasteiger charge is 2.11. The Morgan fingerprint density at radius 2 is 2.17 bits per heavy atom. The highest BCUT2D eigenvalue weighted by atomic mass is 15.2. The number of rotatable bonds is 4. The predicted octanol–water partition coefficient (Wildman–Crippen LogP) is 2.74. The van der Waals surface area contributed by atoms with Gasteiger partial charge in [0.15, 0.2) is 5.65 Å². The van der Waals surface area contributed by atoms with Crippen molar-refractivity contribution >= 4 is 22.6 Å². The van der Waals surface area contributed by atoms with Crippen LogP contribution in [0, 0.1) is 5.92 Å². The van der Waals surface area contributed by atoms with Crippen LogP contribution < -0.4 is 5.32 Å². The molecule has 0 aliphatic rings. The third kappa shape index (κ3) is 2.50. The first kappa shape index (κ1) is 13.7. The molecular formula is C16H17N7. The zero-order valence-corrected chi connectivity index (χ0v) is 13.0. The predicted molar refractivity (Wildman–Crippen MR) is 89.2 cm³/mol. The normalized spacial score (nSPS) is 11.6. The second kappa shape index (κ2) is 5.35. The average Bonchev–Trinajstić information content (AvgIpc) is 3.18. The molecule has 0 aliphatic heterocycles. The van der Waals surface area contributed by atoms with Gasteiger partial charge < -0.3 is 10.3 Å². The molecule has 7 heteroatoms. The standard InChI is InChI=1S/C16H17N7/c1-10(2)7-18-16-19-9-12-11(8-17-15(12)22-16)13-4-6-23-14(21-13)3-5-20-23/h3-6,8-10H,7H2,1-2H3,(H2,17,18,19,22). The van der Waals surface area contributed by atoms with Crippen LogP contribution in [0.25, 0.3) is 27.9 Å². The average molecular weight is 307 g/mol. The maximum atomic E-state index is 4.62. The summed E-state index contributed by atoms with van der Waals surface area (Å²) in [4.78, 5) is 16.7. The number of nitrogens with one attached hydrogen (secondary N) is 2. The number of fused-ring (bicyclic) bond motifs is 2. The van der Waals surface area contributed by atoms with Crippen molar-refractivity contribution in [2.45, 2.75) is 13.8 Å². The number of aromatic amines is 1. The topological polar surface area (TPSA) is 83.8 Å². The Labute approximate surface area is 132 Å². The largest absolute Gasteiger partial charge is 0.354 e. The molecule has 4 aromatic heterocycles. The van der Waals surface area contributed by atoms with Gasteiger partial charge >= 0.3 is 0 Å². The van der Waals surface area contributed by atoms with Gasteiger partial charge in [0.1, 0.15) is 5.65 Å². The molecule has 0 bridgehead atoms. The van der Waals surface area contributed by atoms with Crippen molar-refractivity contribution in [3.63, 3.8) is 0 Å². The molecule has 0 spiro atoms. The summed E-state index contributed by atoms with van der Waals surface area (Å²) in [5.41, 5.74) is 3.47. The maximum absolute atomic E-state index is 4.62. The van der Waals surface area contributed by atoms with Crippen LogP contribution in [0.2, 0.25) is 0 Å². The SMILES string of the molecule is CC(C)CNc1ncc2c(-c3ccn4nccc4n3)c[nH]c2n1. The molecule has 0 radical (unpaired) electrons. The minimum absolute atomic E-state index is 0.542. The second-order valence-electron chi connectivity index (χ2n) is 5.88. The molecular weight excluding hydrogens is 290 g/mol. The summed E-state index contributed by atoms with van der Waals surface area (Å²) < 4.78 is 1.74. The fourth-order valence-corrected chi connectivity index (χ4v) is 2.46. The molecule has 2 N–H and O–H groups in total. The van der Waals surface area contributed by atoms with Gasteiger partial charge in [-0.05, 0) is 12.0 Å².